The predicted octanol–water partition coefficient (Wildman–Crippen LogP) is 0.335. The highest BCUT2D eigenvalue weighted by Crippen LogP contribution is 2.23. The molecule has 0 bridgehead atoms. The Kier molecular flexibility index (Phi) is 5.13. The van der Waals surface area contributed by atoms with E-state index in [4.69, 9.17) is 5.11 Å². The molecule has 1 N–H and O–H groups in total. The Morgan fingerprint density at radius 2 is 2.25 bits per heavy atom. The quantitative estimate of drug-likeness (QED) is 0.347. The molecule has 16 heavy (non-hydrogen) atoms. The van der Waals surface area contributed by atoms with E-state index in [1.807, 2.05) is 11.9 Å². The lowest BCUT2D eigenvalue weighted by Crippen LogP contribution is -2.35. The number of carbonyl (C=O) groups is 2. The van der Waals surface area contributed by atoms with Crippen LogP contribution in [0.2, 0.25) is 0 Å². The first-order chi connectivity index (χ1) is 7.40. The molecule has 3 atom stereocenters. The van der Waals surface area contributed by atoms with E-state index in [1.54, 1.807) is 0 Å². The highest BCUT2D eigenvalue weighted by Gasteiger charge is 2.35. The van der Waals surface area contributed by atoms with Gasteiger partial charge in [-0.25, -0.2) is 4.79 Å². The van der Waals surface area contributed by atoms with Crippen LogP contribution >= 0.6 is 22.6 Å². The van der Waals surface area contributed by atoms with Crippen molar-refractivity contribution in [3.05, 3.63) is 0 Å². The minimum Gasteiger partial charge on any atom is -0.393 e. The molecule has 1 aliphatic heterocycles. The lowest BCUT2D eigenvalue weighted by molar-refractivity contribution is -0.163. The number of halogens is 1. The number of rotatable bonds is 3. The number of nitrogens with zero attached hydrogens (tertiary/aromatic N) is 1. The summed E-state index contributed by atoms with van der Waals surface area (Å²) in [6.07, 6.45) is -0.216. The molecular weight excluding hydrogens is 325 g/mol. The van der Waals surface area contributed by atoms with Gasteiger partial charge in [0.15, 0.2) is 0 Å². The van der Waals surface area contributed by atoms with Crippen molar-refractivity contribution in [3.8, 4) is 0 Å². The second kappa shape index (κ2) is 5.92. The number of aliphatic hydroxyl groups excluding tert-OH is 1. The summed E-state index contributed by atoms with van der Waals surface area (Å²) in [6.45, 7) is 2.30. The topological polar surface area (TPSA) is 66.8 Å². The first kappa shape index (κ1) is 13.9. The molecule has 1 aliphatic rings. The van der Waals surface area contributed by atoms with Gasteiger partial charge in [-0.15, -0.1) is 0 Å². The average molecular weight is 341 g/mol. The Balaban J connectivity index is 2.43. The van der Waals surface area contributed by atoms with Gasteiger partial charge in [-0.2, -0.15) is 0 Å². The average Bonchev–Trinajstić information content (AvgIpc) is 2.43. The minimum absolute atomic E-state index is 0.143. The first-order valence-corrected chi connectivity index (χ1v) is 6.41. The zero-order chi connectivity index (χ0) is 12.3. The molecule has 1 heterocycles. The second-order valence-electron chi connectivity index (χ2n) is 4.13. The van der Waals surface area contributed by atoms with Crippen LogP contribution in [0.25, 0.3) is 0 Å². The Hall–Kier alpha value is -0.210. The van der Waals surface area contributed by atoms with E-state index in [-0.39, 0.29) is 12.5 Å². The number of hydrogen-bond donors (Lipinski definition) is 1. The van der Waals surface area contributed by atoms with Crippen molar-refractivity contribution in [1.29, 1.82) is 0 Å². The maximum atomic E-state index is 11.6. The standard InChI is InChI=1S/C10H16INO4/c1-6(13)3-9(14)16-10(15)8-4-7(11)5-12(8)2/h6-8,13H,3-5H2,1-2H3/t6?,7?,8-/m0/s1. The lowest BCUT2D eigenvalue weighted by atomic mass is 10.2. The van der Waals surface area contributed by atoms with E-state index in [1.165, 1.54) is 6.92 Å². The van der Waals surface area contributed by atoms with Crippen molar-refractivity contribution in [1.82, 2.24) is 4.90 Å². The molecule has 6 heteroatoms. The summed E-state index contributed by atoms with van der Waals surface area (Å²) in [5.74, 6) is -1.17. The van der Waals surface area contributed by atoms with Crippen LogP contribution in [0.15, 0.2) is 0 Å². The molecule has 1 rings (SSSR count). The van der Waals surface area contributed by atoms with Gasteiger partial charge >= 0.3 is 11.9 Å². The van der Waals surface area contributed by atoms with Crippen LogP contribution in [-0.4, -0.2) is 51.6 Å². The van der Waals surface area contributed by atoms with Gasteiger partial charge in [0.1, 0.15) is 6.04 Å². The number of alkyl halides is 1. The van der Waals surface area contributed by atoms with E-state index in [9.17, 15) is 9.59 Å². The summed E-state index contributed by atoms with van der Waals surface area (Å²) in [5, 5.41) is 8.97. The molecule has 0 aromatic rings. The molecule has 0 aromatic carbocycles. The van der Waals surface area contributed by atoms with Crippen LogP contribution in [0, 0.1) is 0 Å². The smallest absolute Gasteiger partial charge is 0.331 e. The third kappa shape index (κ3) is 3.99. The Labute approximate surface area is 108 Å². The molecule has 0 radical (unpaired) electrons. The summed E-state index contributed by atoms with van der Waals surface area (Å²) in [5.41, 5.74) is 0. The van der Waals surface area contributed by atoms with Crippen molar-refractivity contribution < 1.29 is 19.4 Å². The van der Waals surface area contributed by atoms with E-state index >= 15 is 0 Å². The fourth-order valence-electron chi connectivity index (χ4n) is 1.68. The highest BCUT2D eigenvalue weighted by molar-refractivity contribution is 14.1. The van der Waals surface area contributed by atoms with Crippen molar-refractivity contribution in [2.24, 2.45) is 0 Å². The Morgan fingerprint density at radius 3 is 2.69 bits per heavy atom. The molecule has 0 saturated carbocycles. The minimum atomic E-state index is -0.779. The van der Waals surface area contributed by atoms with Crippen molar-refractivity contribution in [3.63, 3.8) is 0 Å². The van der Waals surface area contributed by atoms with Gasteiger partial charge in [-0.3, -0.25) is 9.69 Å². The first-order valence-electron chi connectivity index (χ1n) is 5.17. The molecule has 2 unspecified atom stereocenters. The summed E-state index contributed by atoms with van der Waals surface area (Å²) in [7, 11) is 1.84. The fourth-order valence-corrected chi connectivity index (χ4v) is 2.78. The molecular formula is C10H16INO4. The molecule has 0 amide bonds. The van der Waals surface area contributed by atoms with Crippen LogP contribution in [0.5, 0.6) is 0 Å². The van der Waals surface area contributed by atoms with E-state index in [0.29, 0.717) is 10.3 Å². The molecule has 0 spiro atoms. The predicted molar refractivity (Wildman–Crippen MR) is 66.2 cm³/mol. The van der Waals surface area contributed by atoms with Gasteiger partial charge in [0, 0.05) is 10.5 Å². The van der Waals surface area contributed by atoms with E-state index in [0.717, 1.165) is 6.54 Å². The van der Waals surface area contributed by atoms with Crippen LogP contribution in [0.4, 0.5) is 0 Å². The maximum absolute atomic E-state index is 11.6. The Bertz CT molecular complexity index is 282. The van der Waals surface area contributed by atoms with Crippen LogP contribution in [-0.2, 0) is 14.3 Å². The third-order valence-electron chi connectivity index (χ3n) is 2.45. The van der Waals surface area contributed by atoms with Gasteiger partial charge in [0.05, 0.1) is 12.5 Å². The molecule has 0 aromatic heterocycles. The van der Waals surface area contributed by atoms with Crippen molar-refractivity contribution in [2.75, 3.05) is 13.6 Å². The molecule has 1 fully saturated rings. The Morgan fingerprint density at radius 1 is 1.62 bits per heavy atom. The van der Waals surface area contributed by atoms with E-state index < -0.39 is 18.0 Å². The van der Waals surface area contributed by atoms with Crippen LogP contribution in [0.1, 0.15) is 19.8 Å². The number of likely N-dealkylation sites (tertiary alicyclic amines) is 1. The highest BCUT2D eigenvalue weighted by atomic mass is 127. The number of aliphatic hydroxyl groups is 1. The third-order valence-corrected chi connectivity index (χ3v) is 3.35. The van der Waals surface area contributed by atoms with Gasteiger partial charge in [-0.1, -0.05) is 22.6 Å². The number of ether oxygens (including phenoxy) is 1. The summed E-state index contributed by atoms with van der Waals surface area (Å²) < 4.78 is 5.09. The van der Waals surface area contributed by atoms with E-state index in [2.05, 4.69) is 27.3 Å². The zero-order valence-corrected chi connectivity index (χ0v) is 11.5. The summed E-state index contributed by atoms with van der Waals surface area (Å²) in [4.78, 5) is 24.7. The SMILES string of the molecule is CC(O)CC(=O)OC(=O)[C@@H]1CC(I)CN1C. The van der Waals surface area contributed by atoms with Gasteiger partial charge in [0.25, 0.3) is 0 Å². The summed E-state index contributed by atoms with van der Waals surface area (Å²) >= 11 is 2.27. The largest absolute Gasteiger partial charge is 0.393 e. The molecule has 0 aliphatic carbocycles. The number of esters is 2. The monoisotopic (exact) mass is 341 g/mol. The normalized spacial score (nSPS) is 27.8. The van der Waals surface area contributed by atoms with Crippen molar-refractivity contribution >= 4 is 34.5 Å². The molecule has 92 valence electrons. The fraction of sp³-hybridized carbons (Fsp3) is 0.800. The van der Waals surface area contributed by atoms with Crippen LogP contribution < -0.4 is 0 Å². The van der Waals surface area contributed by atoms with Crippen molar-refractivity contribution in [2.45, 2.75) is 35.8 Å². The van der Waals surface area contributed by atoms with Gasteiger partial charge < -0.3 is 9.84 Å². The molecule has 1 saturated heterocycles. The second-order valence-corrected chi connectivity index (χ2v) is 5.90. The van der Waals surface area contributed by atoms with Gasteiger partial charge in [0.2, 0.25) is 0 Å². The van der Waals surface area contributed by atoms with Crippen LogP contribution in [0.3, 0.4) is 0 Å². The number of hydrogen-bond acceptors (Lipinski definition) is 5. The maximum Gasteiger partial charge on any atom is 0.331 e. The summed E-state index contributed by atoms with van der Waals surface area (Å²) in [6, 6.07) is -0.333. The number of likely N-dealkylation sites (N-methyl/N-ethyl adjacent to an activating group) is 1. The van der Waals surface area contributed by atoms with Gasteiger partial charge in [-0.05, 0) is 20.4 Å². The molecule has 5 nitrogen and oxygen atoms in total. The number of carbonyl (C=O) groups excluding carboxylic acids is 2. The zero-order valence-electron chi connectivity index (χ0n) is 9.35. The lowest BCUT2D eigenvalue weighted by Gasteiger charge is -2.16.